The van der Waals surface area contributed by atoms with Crippen LogP contribution in [0.25, 0.3) is 0 Å². The molecule has 2 rings (SSSR count). The summed E-state index contributed by atoms with van der Waals surface area (Å²) in [6.07, 6.45) is 5.01. The number of rotatable bonds is 7. The van der Waals surface area contributed by atoms with Gasteiger partial charge in [0.1, 0.15) is 0 Å². The molecule has 1 fully saturated rings. The van der Waals surface area contributed by atoms with Crippen molar-refractivity contribution in [3.8, 4) is 0 Å². The smallest absolute Gasteiger partial charge is 0.0770 e. The standard InChI is InChI=1S/C19H31NO/c1-5-13-20-18(17-8-7-14-21-17)15-9-11-16(12-10-15)19(3,4)6-2/h9-12,17-18,20H,5-8,13-14H2,1-4H3. The quantitative estimate of drug-likeness (QED) is 0.792. The fraction of sp³-hybridized carbons (Fsp3) is 0.684. The summed E-state index contributed by atoms with van der Waals surface area (Å²) in [5.41, 5.74) is 3.05. The third-order valence-corrected chi connectivity index (χ3v) is 4.89. The minimum atomic E-state index is 0.259. The van der Waals surface area contributed by atoms with E-state index in [4.69, 9.17) is 4.74 Å². The first-order valence-corrected chi connectivity index (χ1v) is 8.54. The van der Waals surface area contributed by atoms with E-state index in [0.717, 1.165) is 26.0 Å². The molecule has 1 saturated heterocycles. The van der Waals surface area contributed by atoms with E-state index in [2.05, 4.69) is 57.3 Å². The van der Waals surface area contributed by atoms with Crippen molar-refractivity contribution >= 4 is 0 Å². The van der Waals surface area contributed by atoms with Crippen LogP contribution in [0.15, 0.2) is 24.3 Å². The zero-order valence-corrected chi connectivity index (χ0v) is 14.1. The van der Waals surface area contributed by atoms with Gasteiger partial charge in [-0.05, 0) is 48.8 Å². The predicted octanol–water partition coefficient (Wildman–Crippen LogP) is 4.59. The molecule has 1 heterocycles. The van der Waals surface area contributed by atoms with Crippen LogP contribution in [0.5, 0.6) is 0 Å². The molecule has 0 aromatic heterocycles. The molecule has 2 unspecified atom stereocenters. The van der Waals surface area contributed by atoms with Crippen LogP contribution in [0.4, 0.5) is 0 Å². The van der Waals surface area contributed by atoms with Gasteiger partial charge >= 0.3 is 0 Å². The van der Waals surface area contributed by atoms with Crippen LogP contribution in [-0.4, -0.2) is 19.3 Å². The Morgan fingerprint density at radius 2 is 1.95 bits per heavy atom. The number of nitrogens with one attached hydrogen (secondary N) is 1. The van der Waals surface area contributed by atoms with Gasteiger partial charge in [-0.3, -0.25) is 0 Å². The summed E-state index contributed by atoms with van der Waals surface area (Å²) in [5.74, 6) is 0. The molecule has 0 radical (unpaired) electrons. The first-order chi connectivity index (χ1) is 10.1. The molecule has 21 heavy (non-hydrogen) atoms. The summed E-state index contributed by atoms with van der Waals surface area (Å²) in [6.45, 7) is 11.1. The van der Waals surface area contributed by atoms with Crippen molar-refractivity contribution < 1.29 is 4.74 Å². The highest BCUT2D eigenvalue weighted by Gasteiger charge is 2.27. The van der Waals surface area contributed by atoms with Crippen molar-refractivity contribution in [2.75, 3.05) is 13.2 Å². The number of hydrogen-bond donors (Lipinski definition) is 1. The van der Waals surface area contributed by atoms with E-state index in [1.165, 1.54) is 24.0 Å². The fourth-order valence-electron chi connectivity index (χ4n) is 2.98. The second-order valence-corrected chi connectivity index (χ2v) is 6.84. The molecule has 1 aliphatic rings. The third-order valence-electron chi connectivity index (χ3n) is 4.89. The van der Waals surface area contributed by atoms with Crippen molar-refractivity contribution in [3.05, 3.63) is 35.4 Å². The van der Waals surface area contributed by atoms with Gasteiger partial charge in [-0.2, -0.15) is 0 Å². The van der Waals surface area contributed by atoms with Crippen molar-refractivity contribution in [3.63, 3.8) is 0 Å². The Morgan fingerprint density at radius 1 is 1.24 bits per heavy atom. The van der Waals surface area contributed by atoms with Crippen LogP contribution < -0.4 is 5.32 Å². The lowest BCUT2D eigenvalue weighted by Gasteiger charge is -2.27. The third kappa shape index (κ3) is 4.08. The number of ether oxygens (including phenoxy) is 1. The van der Waals surface area contributed by atoms with E-state index in [1.807, 2.05) is 0 Å². The van der Waals surface area contributed by atoms with E-state index < -0.39 is 0 Å². The largest absolute Gasteiger partial charge is 0.376 e. The molecule has 2 nitrogen and oxygen atoms in total. The molecule has 1 aromatic carbocycles. The van der Waals surface area contributed by atoms with Gasteiger partial charge < -0.3 is 10.1 Å². The Bertz CT molecular complexity index is 418. The van der Waals surface area contributed by atoms with Crippen LogP contribution in [-0.2, 0) is 10.2 Å². The molecule has 2 atom stereocenters. The highest BCUT2D eigenvalue weighted by Crippen LogP contribution is 2.30. The normalized spacial score (nSPS) is 20.7. The maximum absolute atomic E-state index is 5.92. The second-order valence-electron chi connectivity index (χ2n) is 6.84. The Labute approximate surface area is 130 Å². The fourth-order valence-corrected chi connectivity index (χ4v) is 2.98. The summed E-state index contributed by atoms with van der Waals surface area (Å²) in [5, 5.41) is 3.67. The molecular weight excluding hydrogens is 258 g/mol. The van der Waals surface area contributed by atoms with Crippen LogP contribution in [0.2, 0.25) is 0 Å². The molecule has 0 spiro atoms. The average molecular weight is 289 g/mol. The van der Waals surface area contributed by atoms with Gasteiger partial charge in [-0.1, -0.05) is 52.0 Å². The Balaban J connectivity index is 2.15. The summed E-state index contributed by atoms with van der Waals surface area (Å²) in [4.78, 5) is 0. The first kappa shape index (κ1) is 16.5. The maximum atomic E-state index is 5.92. The minimum Gasteiger partial charge on any atom is -0.376 e. The Hall–Kier alpha value is -0.860. The second kappa shape index (κ2) is 7.42. The van der Waals surface area contributed by atoms with E-state index in [-0.39, 0.29) is 5.41 Å². The molecule has 1 aromatic rings. The summed E-state index contributed by atoms with van der Waals surface area (Å²) in [6, 6.07) is 9.53. The van der Waals surface area contributed by atoms with Crippen LogP contribution >= 0.6 is 0 Å². The van der Waals surface area contributed by atoms with Crippen LogP contribution in [0.1, 0.15) is 70.5 Å². The molecule has 0 aliphatic carbocycles. The van der Waals surface area contributed by atoms with E-state index in [1.54, 1.807) is 0 Å². The Morgan fingerprint density at radius 3 is 2.48 bits per heavy atom. The van der Waals surface area contributed by atoms with Gasteiger partial charge in [-0.25, -0.2) is 0 Å². The highest BCUT2D eigenvalue weighted by atomic mass is 16.5. The topological polar surface area (TPSA) is 21.3 Å². The number of hydrogen-bond acceptors (Lipinski definition) is 2. The van der Waals surface area contributed by atoms with Gasteiger partial charge in [0.15, 0.2) is 0 Å². The minimum absolute atomic E-state index is 0.259. The van der Waals surface area contributed by atoms with E-state index >= 15 is 0 Å². The maximum Gasteiger partial charge on any atom is 0.0770 e. The monoisotopic (exact) mass is 289 g/mol. The Kier molecular flexibility index (Phi) is 5.83. The molecular formula is C19H31NO. The average Bonchev–Trinajstić information content (AvgIpc) is 3.02. The van der Waals surface area contributed by atoms with Crippen molar-refractivity contribution in [1.82, 2.24) is 5.32 Å². The lowest BCUT2D eigenvalue weighted by Crippen LogP contribution is -2.32. The van der Waals surface area contributed by atoms with E-state index in [0.29, 0.717) is 12.1 Å². The molecule has 1 N–H and O–H groups in total. The van der Waals surface area contributed by atoms with E-state index in [9.17, 15) is 0 Å². The lowest BCUT2D eigenvalue weighted by atomic mass is 9.81. The number of benzene rings is 1. The molecule has 0 bridgehead atoms. The molecule has 2 heteroatoms. The summed E-state index contributed by atoms with van der Waals surface area (Å²) >= 11 is 0. The molecule has 118 valence electrons. The summed E-state index contributed by atoms with van der Waals surface area (Å²) in [7, 11) is 0. The van der Waals surface area contributed by atoms with Gasteiger partial charge in [0.2, 0.25) is 0 Å². The molecule has 0 saturated carbocycles. The molecule has 0 amide bonds. The lowest BCUT2D eigenvalue weighted by molar-refractivity contribution is 0.0783. The van der Waals surface area contributed by atoms with Crippen molar-refractivity contribution in [2.24, 2.45) is 0 Å². The summed E-state index contributed by atoms with van der Waals surface area (Å²) < 4.78 is 5.92. The zero-order valence-electron chi connectivity index (χ0n) is 14.1. The molecule has 1 aliphatic heterocycles. The SMILES string of the molecule is CCCNC(c1ccc(C(C)(C)CC)cc1)C1CCCO1. The van der Waals surface area contributed by atoms with Gasteiger partial charge in [0.25, 0.3) is 0 Å². The first-order valence-electron chi connectivity index (χ1n) is 8.54. The predicted molar refractivity (Wildman–Crippen MR) is 89.8 cm³/mol. The van der Waals surface area contributed by atoms with Gasteiger partial charge in [-0.15, -0.1) is 0 Å². The zero-order chi connectivity index (χ0) is 15.3. The van der Waals surface area contributed by atoms with Crippen molar-refractivity contribution in [2.45, 2.75) is 70.9 Å². The van der Waals surface area contributed by atoms with Crippen LogP contribution in [0, 0.1) is 0 Å². The van der Waals surface area contributed by atoms with Gasteiger partial charge in [0, 0.05) is 6.61 Å². The van der Waals surface area contributed by atoms with Crippen molar-refractivity contribution in [1.29, 1.82) is 0 Å². The van der Waals surface area contributed by atoms with Crippen LogP contribution in [0.3, 0.4) is 0 Å². The highest BCUT2D eigenvalue weighted by molar-refractivity contribution is 5.30. The van der Waals surface area contributed by atoms with Gasteiger partial charge in [0.05, 0.1) is 12.1 Å².